The van der Waals surface area contributed by atoms with Crippen LogP contribution in [0, 0.1) is 5.82 Å². The number of thiazole rings is 1. The molecule has 1 aromatic heterocycles. The Morgan fingerprint density at radius 1 is 1.29 bits per heavy atom. The van der Waals surface area contributed by atoms with Crippen molar-refractivity contribution in [3.05, 3.63) is 34.4 Å². The van der Waals surface area contributed by atoms with Gasteiger partial charge in [-0.2, -0.15) is 0 Å². The lowest BCUT2D eigenvalue weighted by molar-refractivity contribution is 0.301. The summed E-state index contributed by atoms with van der Waals surface area (Å²) >= 11 is 1.58. The molecular weight excluding hydrogens is 287 g/mol. The van der Waals surface area contributed by atoms with E-state index in [1.807, 2.05) is 11.4 Å². The molecule has 1 saturated carbocycles. The third-order valence-corrected chi connectivity index (χ3v) is 5.19. The molecule has 3 rings (SSSR count). The van der Waals surface area contributed by atoms with Gasteiger partial charge in [-0.15, -0.1) is 11.3 Å². The van der Waals surface area contributed by atoms with Crippen LogP contribution >= 0.6 is 11.3 Å². The van der Waals surface area contributed by atoms with Crippen LogP contribution in [0.5, 0.6) is 5.75 Å². The van der Waals surface area contributed by atoms with E-state index >= 15 is 0 Å². The molecule has 0 radical (unpaired) electrons. The Kier molecular flexibility index (Phi) is 3.95. The van der Waals surface area contributed by atoms with Gasteiger partial charge < -0.3 is 10.5 Å². The molecular formula is C16H19FN2OS. The number of hydrogen-bond acceptors (Lipinski definition) is 4. The van der Waals surface area contributed by atoms with Gasteiger partial charge in [0.25, 0.3) is 0 Å². The highest BCUT2D eigenvalue weighted by Crippen LogP contribution is 2.38. The second kappa shape index (κ2) is 5.73. The van der Waals surface area contributed by atoms with E-state index in [4.69, 9.17) is 10.5 Å². The van der Waals surface area contributed by atoms with Crippen LogP contribution in [0.2, 0.25) is 0 Å². The minimum Gasteiger partial charge on any atom is -0.494 e. The van der Waals surface area contributed by atoms with E-state index in [0.29, 0.717) is 0 Å². The van der Waals surface area contributed by atoms with Crippen molar-refractivity contribution in [2.75, 3.05) is 7.11 Å². The molecule has 1 aliphatic rings. The number of rotatable bonds is 3. The Labute approximate surface area is 128 Å². The van der Waals surface area contributed by atoms with Crippen LogP contribution in [-0.4, -0.2) is 12.1 Å². The molecule has 112 valence electrons. The van der Waals surface area contributed by atoms with E-state index in [0.717, 1.165) is 41.9 Å². The highest BCUT2D eigenvalue weighted by molar-refractivity contribution is 7.10. The van der Waals surface area contributed by atoms with Crippen LogP contribution in [0.1, 0.15) is 37.1 Å². The normalized spacial score (nSPS) is 17.7. The number of aromatic nitrogens is 1. The Morgan fingerprint density at radius 2 is 2.05 bits per heavy atom. The molecule has 2 N–H and O–H groups in total. The van der Waals surface area contributed by atoms with Gasteiger partial charge in [-0.05, 0) is 31.0 Å². The second-order valence-electron chi connectivity index (χ2n) is 5.60. The SMILES string of the molecule is COc1ccc(-c2csc(C3(N)CCCCC3)n2)cc1F. The standard InChI is InChI=1S/C16H19FN2OS/c1-20-14-6-5-11(9-12(14)17)13-10-21-15(19-13)16(18)7-3-2-4-8-16/h5-6,9-10H,2-4,7-8,18H2,1H3. The number of ether oxygens (including phenoxy) is 1. The van der Waals surface area contributed by atoms with Crippen molar-refractivity contribution in [3.63, 3.8) is 0 Å². The van der Waals surface area contributed by atoms with Gasteiger partial charge in [-0.1, -0.05) is 19.3 Å². The van der Waals surface area contributed by atoms with Gasteiger partial charge in [-0.3, -0.25) is 0 Å². The second-order valence-corrected chi connectivity index (χ2v) is 6.46. The Morgan fingerprint density at radius 3 is 2.71 bits per heavy atom. The number of methoxy groups -OCH3 is 1. The van der Waals surface area contributed by atoms with Gasteiger partial charge in [0.15, 0.2) is 11.6 Å². The molecule has 1 heterocycles. The highest BCUT2D eigenvalue weighted by Gasteiger charge is 2.32. The third kappa shape index (κ3) is 2.80. The zero-order chi connectivity index (χ0) is 14.9. The third-order valence-electron chi connectivity index (χ3n) is 4.12. The first-order valence-electron chi connectivity index (χ1n) is 7.21. The monoisotopic (exact) mass is 306 g/mol. The highest BCUT2D eigenvalue weighted by atomic mass is 32.1. The van der Waals surface area contributed by atoms with Crippen LogP contribution in [0.25, 0.3) is 11.3 Å². The maximum absolute atomic E-state index is 13.8. The number of halogens is 1. The first-order chi connectivity index (χ1) is 10.1. The molecule has 1 aromatic carbocycles. The van der Waals surface area contributed by atoms with E-state index in [9.17, 15) is 4.39 Å². The van der Waals surface area contributed by atoms with E-state index < -0.39 is 0 Å². The topological polar surface area (TPSA) is 48.1 Å². The molecule has 0 aliphatic heterocycles. The predicted molar refractivity (Wildman–Crippen MR) is 83.0 cm³/mol. The summed E-state index contributed by atoms with van der Waals surface area (Å²) in [6.07, 6.45) is 5.53. The zero-order valence-electron chi connectivity index (χ0n) is 12.1. The summed E-state index contributed by atoms with van der Waals surface area (Å²) in [6.45, 7) is 0. The number of benzene rings is 1. The van der Waals surface area contributed by atoms with Crippen molar-refractivity contribution in [2.45, 2.75) is 37.6 Å². The van der Waals surface area contributed by atoms with E-state index in [1.54, 1.807) is 17.4 Å². The lowest BCUT2D eigenvalue weighted by atomic mass is 9.83. The molecule has 0 spiro atoms. The Balaban J connectivity index is 1.89. The Bertz CT molecular complexity index is 635. The minimum absolute atomic E-state index is 0.247. The summed E-state index contributed by atoms with van der Waals surface area (Å²) in [6, 6.07) is 4.91. The van der Waals surface area contributed by atoms with Crippen molar-refractivity contribution < 1.29 is 9.13 Å². The van der Waals surface area contributed by atoms with Crippen LogP contribution < -0.4 is 10.5 Å². The molecule has 0 amide bonds. The first kappa shape index (κ1) is 14.5. The molecule has 0 bridgehead atoms. The van der Waals surface area contributed by atoms with E-state index in [-0.39, 0.29) is 17.1 Å². The minimum atomic E-state index is -0.371. The largest absolute Gasteiger partial charge is 0.494 e. The Hall–Kier alpha value is -1.46. The van der Waals surface area contributed by atoms with Crippen molar-refractivity contribution in [3.8, 4) is 17.0 Å². The average Bonchev–Trinajstić information content (AvgIpc) is 2.98. The van der Waals surface area contributed by atoms with Crippen molar-refractivity contribution in [2.24, 2.45) is 5.73 Å². The predicted octanol–water partition coefficient (Wildman–Crippen LogP) is 4.08. The molecule has 3 nitrogen and oxygen atoms in total. The van der Waals surface area contributed by atoms with Gasteiger partial charge in [0.1, 0.15) is 5.01 Å². The van der Waals surface area contributed by atoms with Crippen LogP contribution in [0.3, 0.4) is 0 Å². The fourth-order valence-electron chi connectivity index (χ4n) is 2.86. The quantitative estimate of drug-likeness (QED) is 0.929. The van der Waals surface area contributed by atoms with Gasteiger partial charge in [0, 0.05) is 10.9 Å². The molecule has 1 fully saturated rings. The lowest BCUT2D eigenvalue weighted by Gasteiger charge is -2.31. The summed E-state index contributed by atoms with van der Waals surface area (Å²) < 4.78 is 18.7. The first-order valence-corrected chi connectivity index (χ1v) is 8.09. The summed E-state index contributed by atoms with van der Waals surface area (Å²) in [5.74, 6) is -0.124. The van der Waals surface area contributed by atoms with E-state index in [1.165, 1.54) is 19.6 Å². The lowest BCUT2D eigenvalue weighted by Crippen LogP contribution is -2.38. The summed E-state index contributed by atoms with van der Waals surface area (Å²) in [5.41, 5.74) is 7.75. The van der Waals surface area contributed by atoms with Gasteiger partial charge in [0.2, 0.25) is 0 Å². The zero-order valence-corrected chi connectivity index (χ0v) is 12.9. The van der Waals surface area contributed by atoms with Gasteiger partial charge in [-0.25, -0.2) is 9.37 Å². The smallest absolute Gasteiger partial charge is 0.165 e. The van der Waals surface area contributed by atoms with Crippen molar-refractivity contribution in [1.29, 1.82) is 0 Å². The van der Waals surface area contributed by atoms with E-state index in [2.05, 4.69) is 4.98 Å². The van der Waals surface area contributed by atoms with Crippen molar-refractivity contribution >= 4 is 11.3 Å². The molecule has 2 aromatic rings. The van der Waals surface area contributed by atoms with Crippen LogP contribution in [0.15, 0.2) is 23.6 Å². The fraction of sp³-hybridized carbons (Fsp3) is 0.438. The average molecular weight is 306 g/mol. The number of nitrogens with zero attached hydrogens (tertiary/aromatic N) is 1. The molecule has 21 heavy (non-hydrogen) atoms. The molecule has 0 saturated heterocycles. The molecule has 1 aliphatic carbocycles. The summed E-state index contributed by atoms with van der Waals surface area (Å²) in [7, 11) is 1.46. The van der Waals surface area contributed by atoms with Gasteiger partial charge >= 0.3 is 0 Å². The van der Waals surface area contributed by atoms with Crippen LogP contribution in [-0.2, 0) is 5.54 Å². The summed E-state index contributed by atoms with van der Waals surface area (Å²) in [4.78, 5) is 4.66. The molecule has 5 heteroatoms. The fourth-order valence-corrected chi connectivity index (χ4v) is 3.86. The van der Waals surface area contributed by atoms with Crippen LogP contribution in [0.4, 0.5) is 4.39 Å². The summed E-state index contributed by atoms with van der Waals surface area (Å²) in [5, 5.41) is 2.92. The molecule has 0 atom stereocenters. The maximum atomic E-state index is 13.8. The number of nitrogens with two attached hydrogens (primary N) is 1. The number of hydrogen-bond donors (Lipinski definition) is 1. The van der Waals surface area contributed by atoms with Crippen molar-refractivity contribution in [1.82, 2.24) is 4.98 Å². The van der Waals surface area contributed by atoms with Gasteiger partial charge in [0.05, 0.1) is 18.3 Å². The molecule has 0 unspecified atom stereocenters. The maximum Gasteiger partial charge on any atom is 0.165 e.